The van der Waals surface area contributed by atoms with E-state index in [1.165, 1.54) is 82.6 Å². The van der Waals surface area contributed by atoms with Crippen LogP contribution in [0.25, 0.3) is 0 Å². The molecule has 0 aliphatic heterocycles. The molecule has 0 heteroatoms. The Morgan fingerprint density at radius 1 is 0.935 bits per heavy atom. The predicted octanol–water partition coefficient (Wildman–Crippen LogP) is 10.1. The molecule has 6 unspecified atom stereocenters. The van der Waals surface area contributed by atoms with Gasteiger partial charge in [0.05, 0.1) is 0 Å². The summed E-state index contributed by atoms with van der Waals surface area (Å²) < 4.78 is 0. The zero-order valence-electron chi connectivity index (χ0n) is 21.4. The van der Waals surface area contributed by atoms with Crippen LogP contribution in [-0.4, -0.2) is 0 Å². The molecule has 31 heavy (non-hydrogen) atoms. The van der Waals surface area contributed by atoms with E-state index in [1.54, 1.807) is 0 Å². The molecule has 4 aliphatic rings. The van der Waals surface area contributed by atoms with E-state index in [1.807, 2.05) is 11.1 Å². The standard InChI is InChI=1S/C30H50.CH4/c1-8-22-17-19-30(7)26-18-20-29(6)23(12-10-9-11-21(2)3)13-15-25(29)24(26)14-16-27(30)28(22,4)5;/h11,22-23,25,27H,8-10,12-20H2,1-7H3;1H4. The SMILES string of the molecule is C.CCC1CCC2(C)C3=C(CCC2C1(C)C)C1CCC(CCCC=C(C)C)C1(C)CC3. The van der Waals surface area contributed by atoms with Crippen LogP contribution < -0.4 is 0 Å². The van der Waals surface area contributed by atoms with Crippen molar-refractivity contribution in [2.24, 2.45) is 39.9 Å². The van der Waals surface area contributed by atoms with Gasteiger partial charge in [-0.3, -0.25) is 0 Å². The van der Waals surface area contributed by atoms with Crippen molar-refractivity contribution >= 4 is 0 Å². The third kappa shape index (κ3) is 4.01. The lowest BCUT2D eigenvalue weighted by molar-refractivity contribution is -0.0464. The fourth-order valence-electron chi connectivity index (χ4n) is 9.44. The molecule has 0 heterocycles. The molecule has 4 rings (SSSR count). The molecule has 0 amide bonds. The Morgan fingerprint density at radius 2 is 1.68 bits per heavy atom. The predicted molar refractivity (Wildman–Crippen MR) is 138 cm³/mol. The molecule has 0 N–H and O–H groups in total. The van der Waals surface area contributed by atoms with Crippen molar-refractivity contribution < 1.29 is 0 Å². The third-order valence-corrected chi connectivity index (χ3v) is 11.2. The summed E-state index contributed by atoms with van der Waals surface area (Å²) in [4.78, 5) is 0. The van der Waals surface area contributed by atoms with E-state index in [0.717, 1.165) is 23.7 Å². The average Bonchev–Trinajstić information content (AvgIpc) is 3.01. The van der Waals surface area contributed by atoms with Gasteiger partial charge in [0.25, 0.3) is 0 Å². The molecule has 0 aromatic carbocycles. The van der Waals surface area contributed by atoms with Crippen LogP contribution in [0, 0.1) is 39.9 Å². The lowest BCUT2D eigenvalue weighted by Gasteiger charge is -2.61. The lowest BCUT2D eigenvalue weighted by atomic mass is 9.44. The van der Waals surface area contributed by atoms with Gasteiger partial charge in [0.1, 0.15) is 0 Å². The fourth-order valence-corrected chi connectivity index (χ4v) is 9.44. The first-order chi connectivity index (χ1) is 14.1. The summed E-state index contributed by atoms with van der Waals surface area (Å²) in [6.07, 6.45) is 19.7. The average molecular weight is 427 g/mol. The molecule has 0 nitrogen and oxygen atoms in total. The number of hydrogen-bond acceptors (Lipinski definition) is 0. The molecule has 2 saturated carbocycles. The van der Waals surface area contributed by atoms with E-state index in [9.17, 15) is 0 Å². The Balaban J connectivity index is 0.00000272. The smallest absolute Gasteiger partial charge is 0.00799 e. The number of unbranched alkanes of at least 4 members (excludes halogenated alkanes) is 1. The number of rotatable bonds is 5. The van der Waals surface area contributed by atoms with E-state index in [-0.39, 0.29) is 7.43 Å². The van der Waals surface area contributed by atoms with Crippen molar-refractivity contribution in [3.63, 3.8) is 0 Å². The maximum Gasteiger partial charge on any atom is -0.00799 e. The second-order valence-corrected chi connectivity index (χ2v) is 13.0. The van der Waals surface area contributed by atoms with Crippen LogP contribution >= 0.6 is 0 Å². The normalized spacial score (nSPS) is 41.0. The fraction of sp³-hybridized carbons (Fsp3) is 0.871. The summed E-state index contributed by atoms with van der Waals surface area (Å²) in [6, 6.07) is 0. The molecule has 6 atom stereocenters. The van der Waals surface area contributed by atoms with Crippen molar-refractivity contribution in [3.05, 3.63) is 22.8 Å². The van der Waals surface area contributed by atoms with Crippen molar-refractivity contribution in [2.75, 3.05) is 0 Å². The maximum absolute atomic E-state index is 2.70. The minimum Gasteiger partial charge on any atom is -0.0859 e. The first-order valence-electron chi connectivity index (χ1n) is 13.5. The minimum atomic E-state index is 0. The number of hydrogen-bond donors (Lipinski definition) is 0. The van der Waals surface area contributed by atoms with Gasteiger partial charge in [-0.05, 0) is 124 Å². The van der Waals surface area contributed by atoms with Crippen LogP contribution in [0.2, 0.25) is 0 Å². The van der Waals surface area contributed by atoms with E-state index >= 15 is 0 Å². The van der Waals surface area contributed by atoms with Gasteiger partial charge in [-0.1, -0.05) is 71.3 Å². The summed E-state index contributed by atoms with van der Waals surface area (Å²) in [5.74, 6) is 3.73. The molecule has 0 aromatic heterocycles. The van der Waals surface area contributed by atoms with Crippen LogP contribution in [0.5, 0.6) is 0 Å². The Hall–Kier alpha value is -0.520. The van der Waals surface area contributed by atoms with E-state index in [2.05, 4.69) is 54.5 Å². The number of allylic oxidation sites excluding steroid dienone is 4. The van der Waals surface area contributed by atoms with Crippen molar-refractivity contribution in [1.82, 2.24) is 0 Å². The van der Waals surface area contributed by atoms with Crippen molar-refractivity contribution in [1.29, 1.82) is 0 Å². The maximum atomic E-state index is 2.70. The quantitative estimate of drug-likeness (QED) is 0.303. The van der Waals surface area contributed by atoms with Crippen molar-refractivity contribution in [2.45, 2.75) is 133 Å². The van der Waals surface area contributed by atoms with Gasteiger partial charge in [0.15, 0.2) is 0 Å². The molecular formula is C31H54. The Morgan fingerprint density at radius 3 is 2.35 bits per heavy atom. The highest BCUT2D eigenvalue weighted by molar-refractivity contribution is 5.35. The van der Waals surface area contributed by atoms with Crippen LogP contribution in [0.3, 0.4) is 0 Å². The Labute approximate surface area is 195 Å². The summed E-state index contributed by atoms with van der Waals surface area (Å²) in [7, 11) is 0. The summed E-state index contributed by atoms with van der Waals surface area (Å²) in [5.41, 5.74) is 7.08. The first kappa shape index (κ1) is 25.1. The summed E-state index contributed by atoms with van der Waals surface area (Å²) >= 11 is 0. The van der Waals surface area contributed by atoms with Crippen molar-refractivity contribution in [3.8, 4) is 0 Å². The highest BCUT2D eigenvalue weighted by atomic mass is 14.6. The first-order valence-corrected chi connectivity index (χ1v) is 13.5. The second-order valence-electron chi connectivity index (χ2n) is 13.0. The Kier molecular flexibility index (Phi) is 7.31. The van der Waals surface area contributed by atoms with Crippen LogP contribution in [0.15, 0.2) is 22.8 Å². The van der Waals surface area contributed by atoms with Gasteiger partial charge in [-0.15, -0.1) is 0 Å². The molecule has 0 aromatic rings. The minimum absolute atomic E-state index is 0. The molecular weight excluding hydrogens is 372 g/mol. The van der Waals surface area contributed by atoms with Gasteiger partial charge in [-0.25, -0.2) is 0 Å². The molecule has 4 aliphatic carbocycles. The molecule has 0 spiro atoms. The highest BCUT2D eigenvalue weighted by Crippen LogP contribution is 2.68. The highest BCUT2D eigenvalue weighted by Gasteiger charge is 2.58. The lowest BCUT2D eigenvalue weighted by Crippen LogP contribution is -2.51. The summed E-state index contributed by atoms with van der Waals surface area (Å²) in [5, 5.41) is 0. The summed E-state index contributed by atoms with van der Waals surface area (Å²) in [6.45, 7) is 17.6. The van der Waals surface area contributed by atoms with E-state index in [4.69, 9.17) is 0 Å². The second kappa shape index (κ2) is 9.02. The van der Waals surface area contributed by atoms with Crippen LogP contribution in [0.4, 0.5) is 0 Å². The zero-order valence-corrected chi connectivity index (χ0v) is 21.4. The molecule has 0 radical (unpaired) electrons. The van der Waals surface area contributed by atoms with Crippen LogP contribution in [0.1, 0.15) is 133 Å². The Bertz CT molecular complexity index is 702. The zero-order chi connectivity index (χ0) is 21.7. The van der Waals surface area contributed by atoms with Gasteiger partial charge >= 0.3 is 0 Å². The molecule has 0 bridgehead atoms. The van der Waals surface area contributed by atoms with Gasteiger partial charge < -0.3 is 0 Å². The van der Waals surface area contributed by atoms with Gasteiger partial charge in [0, 0.05) is 0 Å². The van der Waals surface area contributed by atoms with Crippen LogP contribution in [-0.2, 0) is 0 Å². The molecule has 2 fully saturated rings. The largest absolute Gasteiger partial charge is 0.0859 e. The third-order valence-electron chi connectivity index (χ3n) is 11.2. The monoisotopic (exact) mass is 426 g/mol. The number of fused-ring (bicyclic) bond motifs is 4. The van der Waals surface area contributed by atoms with Gasteiger partial charge in [-0.2, -0.15) is 0 Å². The topological polar surface area (TPSA) is 0 Å². The van der Waals surface area contributed by atoms with Gasteiger partial charge in [0.2, 0.25) is 0 Å². The molecule has 178 valence electrons. The molecule has 0 saturated heterocycles. The van der Waals surface area contributed by atoms with E-state index < -0.39 is 0 Å². The van der Waals surface area contributed by atoms with E-state index in [0.29, 0.717) is 16.2 Å².